The van der Waals surface area contributed by atoms with Gasteiger partial charge in [0.1, 0.15) is 7.57 Å². The van der Waals surface area contributed by atoms with E-state index in [2.05, 4.69) is 15.9 Å². The van der Waals surface area contributed by atoms with Gasteiger partial charge in [0.15, 0.2) is 0 Å². The van der Waals surface area contributed by atoms with Crippen LogP contribution in [0, 0.1) is 12.3 Å². The molecule has 153 valence electrons. The van der Waals surface area contributed by atoms with E-state index in [-0.39, 0.29) is 51.9 Å². The van der Waals surface area contributed by atoms with Gasteiger partial charge in [-0.25, -0.2) is 9.59 Å². The molecule has 0 aliphatic carbocycles. The second kappa shape index (κ2) is 18.9. The van der Waals surface area contributed by atoms with E-state index < -0.39 is 19.1 Å². The molecule has 0 aromatic rings. The zero-order valence-electron chi connectivity index (χ0n) is 16.3. The number of carbonyl (C=O) groups is 2. The van der Waals surface area contributed by atoms with Crippen molar-refractivity contribution in [1.82, 2.24) is 0 Å². The predicted octanol–water partition coefficient (Wildman–Crippen LogP) is 1.87. The van der Waals surface area contributed by atoms with E-state index in [1.807, 2.05) is 34.4 Å². The van der Waals surface area contributed by atoms with Crippen molar-refractivity contribution in [2.24, 2.45) is 0 Å². The molecule has 1 aliphatic rings. The first-order valence-corrected chi connectivity index (χ1v) is 8.62. The summed E-state index contributed by atoms with van der Waals surface area (Å²) in [6.07, 6.45) is 5.87. The number of rotatable bonds is 2. The van der Waals surface area contributed by atoms with Gasteiger partial charge in [-0.05, 0) is 33.7 Å². The Hall–Kier alpha value is -0.410. The van der Waals surface area contributed by atoms with Gasteiger partial charge in [-0.3, -0.25) is 0 Å². The van der Waals surface area contributed by atoms with E-state index in [1.54, 1.807) is 11.9 Å². The fourth-order valence-corrected chi connectivity index (χ4v) is 1.25. The van der Waals surface area contributed by atoms with Crippen LogP contribution < -0.4 is 0 Å². The summed E-state index contributed by atoms with van der Waals surface area (Å²) in [7, 11) is 7.54. The Kier molecular flexibility index (Phi) is 26.2. The summed E-state index contributed by atoms with van der Waals surface area (Å²) in [6.45, 7) is 9.76. The van der Waals surface area contributed by atoms with Crippen molar-refractivity contribution >= 4 is 60.9 Å². The second-order valence-electron chi connectivity index (χ2n) is 5.43. The topological polar surface area (TPSA) is 71.1 Å². The van der Waals surface area contributed by atoms with Gasteiger partial charge < -0.3 is 18.8 Å². The Balaban J connectivity index is -0.000000115. The van der Waals surface area contributed by atoms with E-state index in [0.717, 1.165) is 0 Å². The molecule has 10 heteroatoms. The average molecular weight is 503 g/mol. The molecule has 0 spiro atoms. The van der Waals surface area contributed by atoms with Crippen LogP contribution >= 0.6 is 8.46 Å². The van der Waals surface area contributed by atoms with E-state index >= 15 is 0 Å². The van der Waals surface area contributed by atoms with Crippen molar-refractivity contribution in [2.75, 3.05) is 20.9 Å². The predicted molar refractivity (Wildman–Crippen MR) is 120 cm³/mol. The first kappa shape index (κ1) is 37.4. The van der Waals surface area contributed by atoms with Gasteiger partial charge in [-0.15, -0.1) is 6.42 Å². The molecule has 0 saturated carbocycles. The number of ether oxygens (including phenoxy) is 2. The third-order valence-electron chi connectivity index (χ3n) is 3.17. The molecule has 3 radical (unpaired) electrons. The van der Waals surface area contributed by atoms with E-state index in [0.29, 0.717) is 8.46 Å². The zero-order chi connectivity index (χ0) is 19.4. The van der Waals surface area contributed by atoms with E-state index in [4.69, 9.17) is 16.9 Å². The molecular weight excluding hydrogens is 468 g/mol. The van der Waals surface area contributed by atoms with Gasteiger partial charge in [0.05, 0.1) is 25.4 Å². The van der Waals surface area contributed by atoms with Crippen LogP contribution in [0.5, 0.6) is 0 Å². The van der Waals surface area contributed by atoms with Crippen LogP contribution in [0.2, 0.25) is 0 Å². The average Bonchev–Trinajstić information content (AvgIpc) is 2.73. The third kappa shape index (κ3) is 16.3. The molecule has 0 N–H and O–H groups in total. The summed E-state index contributed by atoms with van der Waals surface area (Å²) in [6, 6.07) is 0. The SMILES string of the molecule is C.C.C#CC(=O)OC.COC(=O)/C=C/B1OC(C)(C)C(C)(C)O1.[B]PC.[InH2]. The normalized spacial score (nSPS) is 15.4. The molecule has 1 saturated heterocycles. The van der Waals surface area contributed by atoms with Crippen molar-refractivity contribution in [3.63, 3.8) is 0 Å². The van der Waals surface area contributed by atoms with Crippen molar-refractivity contribution in [3.8, 4) is 12.3 Å². The molecular formula is C17H35B2InO6P. The third-order valence-corrected chi connectivity index (χ3v) is 3.17. The van der Waals surface area contributed by atoms with Crippen LogP contribution in [-0.2, 0) is 28.4 Å². The standard InChI is InChI=1S/C10H17BO4.C4H4O2.CH4BP.2CH4.In.2H/c1-9(2)10(3,4)15-11(14-9)7-6-8(12)13-5;1-3-4(5)6-2;1-3-2;;;;;/h6-7H,1-5H3;1H,2H3;3H,1H3;2*1H4;;;/b7-6+;;;;;;;. The number of hydrogen-bond donors (Lipinski definition) is 0. The maximum atomic E-state index is 10.9. The number of terminal acetylenes is 1. The van der Waals surface area contributed by atoms with Crippen molar-refractivity contribution < 1.29 is 28.4 Å². The van der Waals surface area contributed by atoms with Gasteiger partial charge in [0.25, 0.3) is 0 Å². The molecule has 1 atom stereocenters. The van der Waals surface area contributed by atoms with E-state index in [1.165, 1.54) is 20.3 Å². The minimum atomic E-state index is -0.630. The van der Waals surface area contributed by atoms with Gasteiger partial charge in [0, 0.05) is 12.0 Å². The van der Waals surface area contributed by atoms with Gasteiger partial charge >= 0.3 is 44.9 Å². The number of esters is 2. The summed E-state index contributed by atoms with van der Waals surface area (Å²) in [5, 5.41) is 0. The Bertz CT molecular complexity index is 463. The van der Waals surface area contributed by atoms with Crippen molar-refractivity contribution in [1.29, 1.82) is 0 Å². The summed E-state index contributed by atoms with van der Waals surface area (Å²) in [5.41, 5.74) is -0.754. The molecule has 0 aromatic carbocycles. The molecule has 1 unspecified atom stereocenters. The monoisotopic (exact) mass is 503 g/mol. The molecule has 1 heterocycles. The Morgan fingerprint density at radius 3 is 1.70 bits per heavy atom. The zero-order valence-corrected chi connectivity index (χ0v) is 23.0. The molecule has 1 aliphatic heterocycles. The molecule has 1 rings (SSSR count). The number of methoxy groups -OCH3 is 2. The first-order chi connectivity index (χ1) is 11.0. The summed E-state index contributed by atoms with van der Waals surface area (Å²) in [5.74, 6) is 2.27. The first-order valence-electron chi connectivity index (χ1n) is 7.05. The summed E-state index contributed by atoms with van der Waals surface area (Å²) < 4.78 is 19.8. The van der Waals surface area contributed by atoms with Crippen molar-refractivity contribution in [3.05, 3.63) is 12.1 Å². The van der Waals surface area contributed by atoms with E-state index in [9.17, 15) is 9.59 Å². The molecule has 6 nitrogen and oxygen atoms in total. The number of hydrogen-bond acceptors (Lipinski definition) is 6. The minimum absolute atomic E-state index is 0. The maximum absolute atomic E-state index is 10.9. The summed E-state index contributed by atoms with van der Waals surface area (Å²) >= 11 is 0. The van der Waals surface area contributed by atoms with Gasteiger partial charge in [-0.1, -0.05) is 21.5 Å². The second-order valence-corrected chi connectivity index (χ2v) is 6.01. The fourth-order valence-electron chi connectivity index (χ4n) is 1.25. The van der Waals surface area contributed by atoms with Crippen LogP contribution in [-0.4, -0.2) is 84.6 Å². The van der Waals surface area contributed by atoms with Crippen LogP contribution in [0.1, 0.15) is 42.5 Å². The molecule has 0 bridgehead atoms. The van der Waals surface area contributed by atoms with Crippen LogP contribution in [0.15, 0.2) is 12.1 Å². The van der Waals surface area contributed by atoms with Gasteiger partial charge in [-0.2, -0.15) is 8.46 Å². The number of carbonyl (C=O) groups excluding carboxylic acids is 2. The molecule has 0 amide bonds. The molecule has 1 fully saturated rings. The Labute approximate surface area is 188 Å². The molecule has 0 aromatic heterocycles. The summed E-state index contributed by atoms with van der Waals surface area (Å²) in [4.78, 5) is 20.6. The Morgan fingerprint density at radius 1 is 1.11 bits per heavy atom. The quantitative estimate of drug-likeness (QED) is 0.143. The molecule has 27 heavy (non-hydrogen) atoms. The Morgan fingerprint density at radius 2 is 1.48 bits per heavy atom. The fraction of sp³-hybridized carbons (Fsp3) is 0.647. The van der Waals surface area contributed by atoms with Gasteiger partial charge in [0.2, 0.25) is 0 Å². The van der Waals surface area contributed by atoms with Crippen molar-refractivity contribution in [2.45, 2.75) is 53.8 Å². The van der Waals surface area contributed by atoms with Crippen LogP contribution in [0.3, 0.4) is 0 Å². The van der Waals surface area contributed by atoms with Crippen LogP contribution in [0.25, 0.3) is 0 Å². The van der Waals surface area contributed by atoms with Crippen LogP contribution in [0.4, 0.5) is 0 Å².